The van der Waals surface area contributed by atoms with Gasteiger partial charge in [-0.1, -0.05) is 12.1 Å². The number of carbonyl (C=O) groups is 2. The van der Waals surface area contributed by atoms with Crippen LogP contribution < -0.4 is 5.32 Å². The maximum absolute atomic E-state index is 12.3. The van der Waals surface area contributed by atoms with Crippen LogP contribution in [0.2, 0.25) is 0 Å². The number of nitrogens with zero attached hydrogens (tertiary/aromatic N) is 1. The molecule has 2 aromatic rings. The molecular weight excluding hydrogens is 328 g/mol. The topological polar surface area (TPSA) is 81.4 Å². The standard InChI is InChI=1S/C17H20N2O4S/c1-9-4-5-13-12(6-9)8-14(24-13)17(21)22-11(3)16(20)18-15-7-10(2)23-19-15/h7-9,11H,4-6H2,1-3H3,(H,18,19,20)/t9-,11-/m0/s1. The average molecular weight is 348 g/mol. The Morgan fingerprint density at radius 1 is 1.46 bits per heavy atom. The van der Waals surface area contributed by atoms with Crippen molar-refractivity contribution in [3.05, 3.63) is 33.2 Å². The second kappa shape index (κ2) is 6.76. The molecule has 0 saturated carbocycles. The van der Waals surface area contributed by atoms with Crippen molar-refractivity contribution in [3.63, 3.8) is 0 Å². The van der Waals surface area contributed by atoms with Gasteiger partial charge in [0.05, 0.1) is 0 Å². The molecule has 1 aliphatic carbocycles. The largest absolute Gasteiger partial charge is 0.448 e. The molecule has 7 heteroatoms. The van der Waals surface area contributed by atoms with Crippen molar-refractivity contribution >= 4 is 29.0 Å². The highest BCUT2D eigenvalue weighted by atomic mass is 32.1. The Kier molecular flexibility index (Phi) is 4.71. The number of fused-ring (bicyclic) bond motifs is 1. The van der Waals surface area contributed by atoms with Gasteiger partial charge in [-0.15, -0.1) is 11.3 Å². The molecule has 0 fully saturated rings. The van der Waals surface area contributed by atoms with Gasteiger partial charge in [-0.2, -0.15) is 0 Å². The number of aryl methyl sites for hydroxylation is 2. The lowest BCUT2D eigenvalue weighted by molar-refractivity contribution is -0.123. The lowest BCUT2D eigenvalue weighted by atomic mass is 9.90. The molecule has 0 aromatic carbocycles. The van der Waals surface area contributed by atoms with Gasteiger partial charge in [-0.05, 0) is 50.7 Å². The summed E-state index contributed by atoms with van der Waals surface area (Å²) in [6.45, 7) is 5.48. The van der Waals surface area contributed by atoms with Crippen LogP contribution in [0.25, 0.3) is 0 Å². The monoisotopic (exact) mass is 348 g/mol. The predicted molar refractivity (Wildman–Crippen MR) is 90.3 cm³/mol. The van der Waals surface area contributed by atoms with Gasteiger partial charge in [0.2, 0.25) is 0 Å². The van der Waals surface area contributed by atoms with Crippen molar-refractivity contribution in [1.29, 1.82) is 0 Å². The van der Waals surface area contributed by atoms with Crippen LogP contribution in [0.5, 0.6) is 0 Å². The molecule has 1 amide bonds. The molecular formula is C17H20N2O4S. The number of esters is 1. The van der Waals surface area contributed by atoms with E-state index in [0.29, 0.717) is 22.4 Å². The quantitative estimate of drug-likeness (QED) is 0.857. The van der Waals surface area contributed by atoms with Crippen molar-refractivity contribution in [2.24, 2.45) is 5.92 Å². The van der Waals surface area contributed by atoms with Gasteiger partial charge < -0.3 is 14.6 Å². The maximum Gasteiger partial charge on any atom is 0.349 e. The minimum absolute atomic E-state index is 0.306. The third-order valence-corrected chi connectivity index (χ3v) is 5.28. The number of thiophene rings is 1. The Morgan fingerprint density at radius 3 is 2.96 bits per heavy atom. The van der Waals surface area contributed by atoms with Crippen LogP contribution >= 0.6 is 11.3 Å². The molecule has 3 rings (SSSR count). The van der Waals surface area contributed by atoms with Crippen LogP contribution in [-0.4, -0.2) is 23.1 Å². The first-order valence-electron chi connectivity index (χ1n) is 7.99. The molecule has 1 aliphatic rings. The SMILES string of the molecule is Cc1cc(NC(=O)[C@H](C)OC(=O)c2cc3c(s2)CC[C@H](C)C3)no1. The summed E-state index contributed by atoms with van der Waals surface area (Å²) in [6, 6.07) is 3.50. The third-order valence-electron chi connectivity index (χ3n) is 4.06. The summed E-state index contributed by atoms with van der Waals surface area (Å²) < 4.78 is 10.2. The smallest absolute Gasteiger partial charge is 0.349 e. The maximum atomic E-state index is 12.3. The first-order valence-corrected chi connectivity index (χ1v) is 8.80. The van der Waals surface area contributed by atoms with Gasteiger partial charge in [0, 0.05) is 10.9 Å². The number of aromatic nitrogens is 1. The summed E-state index contributed by atoms with van der Waals surface area (Å²) >= 11 is 1.47. The van der Waals surface area contributed by atoms with Crippen molar-refractivity contribution < 1.29 is 18.8 Å². The van der Waals surface area contributed by atoms with Gasteiger partial charge in [-0.25, -0.2) is 4.79 Å². The summed E-state index contributed by atoms with van der Waals surface area (Å²) in [5.74, 6) is 0.647. The Labute approximate surface area is 144 Å². The normalized spacial score (nSPS) is 17.9. The average Bonchev–Trinajstić information content (AvgIpc) is 3.12. The summed E-state index contributed by atoms with van der Waals surface area (Å²) in [5, 5.41) is 6.24. The number of hydrogen-bond donors (Lipinski definition) is 1. The van der Waals surface area contributed by atoms with Crippen molar-refractivity contribution in [1.82, 2.24) is 5.16 Å². The lowest BCUT2D eigenvalue weighted by Gasteiger charge is -2.16. The van der Waals surface area contributed by atoms with E-state index in [4.69, 9.17) is 9.26 Å². The minimum atomic E-state index is -0.910. The Bertz CT molecular complexity index is 764. The number of anilines is 1. The van der Waals surface area contributed by atoms with E-state index in [2.05, 4.69) is 17.4 Å². The highest BCUT2D eigenvalue weighted by molar-refractivity contribution is 7.14. The molecule has 0 bridgehead atoms. The lowest BCUT2D eigenvalue weighted by Crippen LogP contribution is -2.29. The van der Waals surface area contributed by atoms with E-state index in [1.807, 2.05) is 6.07 Å². The number of amides is 1. The highest BCUT2D eigenvalue weighted by Crippen LogP contribution is 2.32. The molecule has 0 aliphatic heterocycles. The van der Waals surface area contributed by atoms with Crippen molar-refractivity contribution in [2.45, 2.75) is 46.1 Å². The fourth-order valence-electron chi connectivity index (χ4n) is 2.73. The number of rotatable bonds is 4. The second-order valence-corrected chi connectivity index (χ2v) is 7.40. The first kappa shape index (κ1) is 16.7. The molecule has 2 atom stereocenters. The molecule has 1 N–H and O–H groups in total. The van der Waals surface area contributed by atoms with Gasteiger partial charge >= 0.3 is 5.97 Å². The van der Waals surface area contributed by atoms with E-state index in [1.54, 1.807) is 13.0 Å². The molecule has 0 spiro atoms. The van der Waals surface area contributed by atoms with E-state index in [0.717, 1.165) is 19.3 Å². The minimum Gasteiger partial charge on any atom is -0.448 e. The van der Waals surface area contributed by atoms with Crippen LogP contribution in [0, 0.1) is 12.8 Å². The van der Waals surface area contributed by atoms with Crippen LogP contribution in [0.15, 0.2) is 16.7 Å². The Hall–Kier alpha value is -2.15. The number of nitrogens with one attached hydrogen (secondary N) is 1. The fourth-order valence-corrected chi connectivity index (χ4v) is 3.82. The van der Waals surface area contributed by atoms with Crippen molar-refractivity contribution in [3.8, 4) is 0 Å². The third kappa shape index (κ3) is 3.67. The highest BCUT2D eigenvalue weighted by Gasteiger charge is 2.24. The molecule has 2 heterocycles. The van der Waals surface area contributed by atoms with Gasteiger partial charge in [0.1, 0.15) is 10.6 Å². The Balaban J connectivity index is 1.60. The van der Waals surface area contributed by atoms with E-state index >= 15 is 0 Å². The zero-order valence-electron chi connectivity index (χ0n) is 13.9. The van der Waals surface area contributed by atoms with E-state index in [1.165, 1.54) is 28.7 Å². The van der Waals surface area contributed by atoms with Gasteiger partial charge in [-0.3, -0.25) is 4.79 Å². The summed E-state index contributed by atoms with van der Waals surface area (Å²) in [5.41, 5.74) is 1.24. The van der Waals surface area contributed by atoms with Crippen LogP contribution in [0.1, 0.15) is 46.1 Å². The molecule has 0 radical (unpaired) electrons. The van der Waals surface area contributed by atoms with Gasteiger partial charge in [0.25, 0.3) is 5.91 Å². The zero-order chi connectivity index (χ0) is 17.3. The first-order chi connectivity index (χ1) is 11.4. The summed E-state index contributed by atoms with van der Waals surface area (Å²) in [7, 11) is 0. The van der Waals surface area contributed by atoms with E-state index in [9.17, 15) is 9.59 Å². The Morgan fingerprint density at radius 2 is 2.25 bits per heavy atom. The molecule has 6 nitrogen and oxygen atoms in total. The van der Waals surface area contributed by atoms with Crippen LogP contribution in [0.3, 0.4) is 0 Å². The number of ether oxygens (including phenoxy) is 1. The molecule has 24 heavy (non-hydrogen) atoms. The molecule has 0 saturated heterocycles. The summed E-state index contributed by atoms with van der Waals surface area (Å²) in [4.78, 5) is 26.2. The van der Waals surface area contributed by atoms with Crippen LogP contribution in [-0.2, 0) is 22.4 Å². The second-order valence-electron chi connectivity index (χ2n) is 6.27. The molecule has 0 unspecified atom stereocenters. The fraction of sp³-hybridized carbons (Fsp3) is 0.471. The van der Waals surface area contributed by atoms with Gasteiger partial charge in [0.15, 0.2) is 11.9 Å². The van der Waals surface area contributed by atoms with E-state index in [-0.39, 0.29) is 0 Å². The molecule has 2 aromatic heterocycles. The number of carbonyl (C=O) groups excluding carboxylic acids is 2. The zero-order valence-corrected chi connectivity index (χ0v) is 14.7. The van der Waals surface area contributed by atoms with Crippen LogP contribution in [0.4, 0.5) is 5.82 Å². The predicted octanol–water partition coefficient (Wildman–Crippen LogP) is 3.35. The number of hydrogen-bond acceptors (Lipinski definition) is 6. The van der Waals surface area contributed by atoms with E-state index < -0.39 is 18.0 Å². The summed E-state index contributed by atoms with van der Waals surface area (Å²) in [6.07, 6.45) is 2.25. The van der Waals surface area contributed by atoms with Crippen molar-refractivity contribution in [2.75, 3.05) is 5.32 Å². The molecule has 128 valence electrons.